The third kappa shape index (κ3) is 4.37. The number of amides is 2. The van der Waals surface area contributed by atoms with Gasteiger partial charge in [-0.1, -0.05) is 46.6 Å². The second-order valence-electron chi connectivity index (χ2n) is 6.98. The van der Waals surface area contributed by atoms with Gasteiger partial charge in [0.25, 0.3) is 0 Å². The number of nitrogens with zero attached hydrogens (tertiary/aromatic N) is 3. The summed E-state index contributed by atoms with van der Waals surface area (Å²) in [6.07, 6.45) is 1.47. The van der Waals surface area contributed by atoms with Gasteiger partial charge in [-0.3, -0.25) is 0 Å². The van der Waals surface area contributed by atoms with Crippen molar-refractivity contribution in [3.8, 4) is 17.1 Å². The van der Waals surface area contributed by atoms with Crippen molar-refractivity contribution in [3.05, 3.63) is 58.4 Å². The molecule has 0 bridgehead atoms. The molecule has 30 heavy (non-hydrogen) atoms. The number of ether oxygens (including phenoxy) is 1. The molecule has 0 atom stereocenters. The van der Waals surface area contributed by atoms with E-state index in [0.717, 1.165) is 24.2 Å². The third-order valence-corrected chi connectivity index (χ3v) is 5.91. The van der Waals surface area contributed by atoms with Crippen molar-refractivity contribution in [2.24, 2.45) is 0 Å². The fourth-order valence-electron chi connectivity index (χ4n) is 3.40. The Morgan fingerprint density at radius 1 is 1.20 bits per heavy atom. The van der Waals surface area contributed by atoms with Gasteiger partial charge in [0, 0.05) is 24.6 Å². The molecule has 1 N–H and O–H groups in total. The van der Waals surface area contributed by atoms with Gasteiger partial charge in [0.15, 0.2) is 0 Å². The molecule has 0 radical (unpaired) electrons. The molecule has 1 fully saturated rings. The quantitative estimate of drug-likeness (QED) is 0.574. The van der Waals surface area contributed by atoms with E-state index in [1.807, 2.05) is 24.3 Å². The Morgan fingerprint density at radius 2 is 1.97 bits per heavy atom. The highest BCUT2D eigenvalue weighted by molar-refractivity contribution is 6.43. The lowest BCUT2D eigenvalue weighted by Crippen LogP contribution is -2.40. The highest BCUT2D eigenvalue weighted by Gasteiger charge is 2.28. The van der Waals surface area contributed by atoms with E-state index in [9.17, 15) is 4.79 Å². The van der Waals surface area contributed by atoms with E-state index in [-0.39, 0.29) is 11.9 Å². The smallest absolute Gasteiger partial charge is 0.321 e. The van der Waals surface area contributed by atoms with Crippen LogP contribution in [0.3, 0.4) is 0 Å². The Labute approximate surface area is 183 Å². The van der Waals surface area contributed by atoms with E-state index < -0.39 is 0 Å². The first-order valence-corrected chi connectivity index (χ1v) is 10.3. The number of halogens is 2. The summed E-state index contributed by atoms with van der Waals surface area (Å²) in [6.45, 7) is 1.15. The van der Waals surface area contributed by atoms with Crippen molar-refractivity contribution in [2.45, 2.75) is 18.8 Å². The number of hydrogen-bond donors (Lipinski definition) is 1. The second kappa shape index (κ2) is 8.93. The maximum Gasteiger partial charge on any atom is 0.321 e. The number of benzene rings is 2. The molecule has 0 aliphatic carbocycles. The minimum absolute atomic E-state index is 0.107. The maximum atomic E-state index is 12.6. The molecule has 2 heterocycles. The normalized spacial score (nSPS) is 14.6. The highest BCUT2D eigenvalue weighted by atomic mass is 35.5. The Bertz CT molecular complexity index is 1050. The molecule has 1 saturated heterocycles. The summed E-state index contributed by atoms with van der Waals surface area (Å²) >= 11 is 12.2. The lowest BCUT2D eigenvalue weighted by Gasteiger charge is -2.30. The number of urea groups is 1. The van der Waals surface area contributed by atoms with Gasteiger partial charge in [0.2, 0.25) is 11.7 Å². The van der Waals surface area contributed by atoms with Crippen LogP contribution < -0.4 is 10.1 Å². The van der Waals surface area contributed by atoms with Gasteiger partial charge in [-0.05, 0) is 37.1 Å². The van der Waals surface area contributed by atoms with Crippen LogP contribution in [0.5, 0.6) is 5.75 Å². The Morgan fingerprint density at radius 3 is 2.73 bits per heavy atom. The van der Waals surface area contributed by atoms with Crippen LogP contribution in [0.4, 0.5) is 10.5 Å². The van der Waals surface area contributed by atoms with Crippen molar-refractivity contribution in [1.29, 1.82) is 0 Å². The molecule has 0 unspecified atom stereocenters. The molecule has 1 aromatic heterocycles. The number of likely N-dealkylation sites (tertiary alicyclic amines) is 1. The highest BCUT2D eigenvalue weighted by Crippen LogP contribution is 2.32. The van der Waals surface area contributed by atoms with Crippen LogP contribution in [0.1, 0.15) is 24.7 Å². The first kappa shape index (κ1) is 20.5. The van der Waals surface area contributed by atoms with Crippen LogP contribution in [-0.4, -0.2) is 41.3 Å². The van der Waals surface area contributed by atoms with Gasteiger partial charge in [0.05, 0.1) is 22.8 Å². The molecule has 9 heteroatoms. The Balaban J connectivity index is 1.37. The zero-order chi connectivity index (χ0) is 21.1. The minimum Gasteiger partial charge on any atom is -0.497 e. The monoisotopic (exact) mass is 446 g/mol. The number of methoxy groups -OCH3 is 1. The second-order valence-corrected chi connectivity index (χ2v) is 7.77. The average molecular weight is 447 g/mol. The largest absolute Gasteiger partial charge is 0.497 e. The summed E-state index contributed by atoms with van der Waals surface area (Å²) in [4.78, 5) is 18.9. The van der Waals surface area contributed by atoms with Gasteiger partial charge in [-0.15, -0.1) is 0 Å². The summed E-state index contributed by atoms with van der Waals surface area (Å²) in [5.74, 6) is 1.96. The molecule has 4 rings (SSSR count). The summed E-state index contributed by atoms with van der Waals surface area (Å²) in [5.41, 5.74) is 1.33. The van der Waals surface area contributed by atoms with E-state index in [2.05, 4.69) is 15.5 Å². The van der Waals surface area contributed by atoms with Gasteiger partial charge < -0.3 is 19.5 Å². The lowest BCUT2D eigenvalue weighted by atomic mass is 9.97. The van der Waals surface area contributed by atoms with Gasteiger partial charge in [-0.2, -0.15) is 4.98 Å². The first-order valence-electron chi connectivity index (χ1n) is 9.53. The number of nitrogens with one attached hydrogen (secondary N) is 1. The molecule has 156 valence electrons. The van der Waals surface area contributed by atoms with E-state index in [0.29, 0.717) is 40.5 Å². The minimum atomic E-state index is -0.208. The molecule has 1 aliphatic rings. The number of carbonyl (C=O) groups excluding carboxylic acids is 1. The van der Waals surface area contributed by atoms with E-state index in [1.54, 1.807) is 30.2 Å². The lowest BCUT2D eigenvalue weighted by molar-refractivity contribution is 0.187. The van der Waals surface area contributed by atoms with Crippen LogP contribution in [0.25, 0.3) is 11.4 Å². The molecular formula is C21H20Cl2N4O3. The number of aromatic nitrogens is 2. The number of rotatable bonds is 4. The summed E-state index contributed by atoms with van der Waals surface area (Å²) in [5, 5.41) is 7.65. The fraction of sp³-hybridized carbons (Fsp3) is 0.286. The molecule has 1 aliphatic heterocycles. The van der Waals surface area contributed by atoms with Crippen molar-refractivity contribution in [2.75, 3.05) is 25.5 Å². The van der Waals surface area contributed by atoms with E-state index in [4.69, 9.17) is 32.5 Å². The van der Waals surface area contributed by atoms with Crippen LogP contribution in [0.15, 0.2) is 47.0 Å². The molecule has 7 nitrogen and oxygen atoms in total. The van der Waals surface area contributed by atoms with Gasteiger partial charge in [0.1, 0.15) is 5.75 Å². The summed E-state index contributed by atoms with van der Waals surface area (Å²) < 4.78 is 10.7. The summed E-state index contributed by atoms with van der Waals surface area (Å²) in [6, 6.07) is 12.4. The van der Waals surface area contributed by atoms with Gasteiger partial charge >= 0.3 is 6.03 Å². The van der Waals surface area contributed by atoms with Crippen LogP contribution in [0, 0.1) is 0 Å². The van der Waals surface area contributed by atoms with Crippen molar-refractivity contribution >= 4 is 34.9 Å². The Kier molecular flexibility index (Phi) is 6.11. The van der Waals surface area contributed by atoms with E-state index >= 15 is 0 Å². The Hall–Kier alpha value is -2.77. The predicted octanol–water partition coefficient (Wildman–Crippen LogP) is 5.46. The third-order valence-electron chi connectivity index (χ3n) is 5.09. The van der Waals surface area contributed by atoms with Crippen LogP contribution in [0.2, 0.25) is 10.0 Å². The van der Waals surface area contributed by atoms with Crippen molar-refractivity contribution < 1.29 is 14.1 Å². The molecule has 0 saturated carbocycles. The molecule has 2 aromatic carbocycles. The SMILES string of the molecule is COc1cccc(-c2noc(C3CCN(C(=O)Nc4cccc(Cl)c4Cl)CC3)n2)c1. The summed E-state index contributed by atoms with van der Waals surface area (Å²) in [7, 11) is 1.62. The fourth-order valence-corrected chi connectivity index (χ4v) is 3.75. The number of carbonyl (C=O) groups is 1. The number of anilines is 1. The first-order chi connectivity index (χ1) is 14.5. The molecule has 3 aromatic rings. The maximum absolute atomic E-state index is 12.6. The number of hydrogen-bond acceptors (Lipinski definition) is 5. The number of piperidine rings is 1. The van der Waals surface area contributed by atoms with Crippen LogP contribution in [-0.2, 0) is 0 Å². The van der Waals surface area contributed by atoms with Crippen molar-refractivity contribution in [3.63, 3.8) is 0 Å². The zero-order valence-corrected chi connectivity index (χ0v) is 17.8. The van der Waals surface area contributed by atoms with E-state index in [1.165, 1.54) is 0 Å². The topological polar surface area (TPSA) is 80.5 Å². The van der Waals surface area contributed by atoms with Gasteiger partial charge in [-0.25, -0.2) is 4.79 Å². The average Bonchev–Trinajstić information content (AvgIpc) is 3.27. The zero-order valence-electron chi connectivity index (χ0n) is 16.3. The van der Waals surface area contributed by atoms with Crippen LogP contribution >= 0.6 is 23.2 Å². The molecule has 0 spiro atoms. The molecular weight excluding hydrogens is 427 g/mol. The predicted molar refractivity (Wildman–Crippen MR) is 115 cm³/mol. The standard InChI is InChI=1S/C21H20Cl2N4O3/c1-29-15-5-2-4-14(12-15)19-25-20(30-26-19)13-8-10-27(11-9-13)21(28)24-17-7-3-6-16(22)18(17)23/h2-7,12-13H,8-11H2,1H3,(H,24,28). The van der Waals surface area contributed by atoms with Crippen molar-refractivity contribution in [1.82, 2.24) is 15.0 Å². The molecule has 2 amide bonds.